The van der Waals surface area contributed by atoms with E-state index in [1.807, 2.05) is 6.07 Å². The molecule has 0 aliphatic rings. The van der Waals surface area contributed by atoms with E-state index in [0.29, 0.717) is 16.9 Å². The SMILES string of the molecule is C#Cc1cccc(NC(=O)CNC(=O)N[C@@H](C)c2cccc(NC(C)=O)c2)c1. The number of anilines is 2. The molecule has 4 amide bonds. The van der Waals surface area contributed by atoms with Crippen molar-refractivity contribution < 1.29 is 14.4 Å². The summed E-state index contributed by atoms with van der Waals surface area (Å²) >= 11 is 0. The molecule has 0 saturated carbocycles. The first-order valence-corrected chi connectivity index (χ1v) is 8.66. The molecule has 0 saturated heterocycles. The van der Waals surface area contributed by atoms with Crippen LogP contribution in [0.15, 0.2) is 48.5 Å². The molecular weight excluding hydrogens is 356 g/mol. The van der Waals surface area contributed by atoms with Crippen LogP contribution >= 0.6 is 0 Å². The first-order chi connectivity index (χ1) is 13.4. The van der Waals surface area contributed by atoms with Crippen LogP contribution in [0.25, 0.3) is 0 Å². The van der Waals surface area contributed by atoms with E-state index in [2.05, 4.69) is 27.2 Å². The fraction of sp³-hybridized carbons (Fsp3) is 0.190. The van der Waals surface area contributed by atoms with Gasteiger partial charge in [0.2, 0.25) is 11.8 Å². The summed E-state index contributed by atoms with van der Waals surface area (Å²) in [6.45, 7) is 3.04. The maximum Gasteiger partial charge on any atom is 0.315 e. The van der Waals surface area contributed by atoms with Gasteiger partial charge in [0.05, 0.1) is 12.6 Å². The van der Waals surface area contributed by atoms with Crippen molar-refractivity contribution in [1.29, 1.82) is 0 Å². The minimum absolute atomic E-state index is 0.172. The van der Waals surface area contributed by atoms with E-state index in [9.17, 15) is 14.4 Å². The second-order valence-electron chi connectivity index (χ2n) is 6.13. The summed E-state index contributed by atoms with van der Waals surface area (Å²) in [4.78, 5) is 35.2. The van der Waals surface area contributed by atoms with E-state index in [1.165, 1.54) is 6.92 Å². The standard InChI is InChI=1S/C21H22N4O3/c1-4-16-7-5-9-18(11-16)25-20(27)13-22-21(28)23-14(2)17-8-6-10-19(12-17)24-15(3)26/h1,5-12,14H,13H2,2-3H3,(H,24,26)(H,25,27)(H2,22,23,28)/t14-/m0/s1. The Kier molecular flexibility index (Phi) is 7.17. The Hall–Kier alpha value is -3.79. The molecule has 0 aliphatic carbocycles. The Morgan fingerprint density at radius 1 is 1.04 bits per heavy atom. The van der Waals surface area contributed by atoms with Crippen LogP contribution in [-0.4, -0.2) is 24.4 Å². The van der Waals surface area contributed by atoms with Crippen molar-refractivity contribution in [3.8, 4) is 12.3 Å². The number of hydrogen-bond donors (Lipinski definition) is 4. The Labute approximate surface area is 163 Å². The number of terminal acetylenes is 1. The lowest BCUT2D eigenvalue weighted by Crippen LogP contribution is -2.41. The van der Waals surface area contributed by atoms with Crippen molar-refractivity contribution in [2.75, 3.05) is 17.2 Å². The molecule has 4 N–H and O–H groups in total. The number of carbonyl (C=O) groups is 3. The van der Waals surface area contributed by atoms with Gasteiger partial charge in [-0.15, -0.1) is 6.42 Å². The molecule has 0 unspecified atom stereocenters. The summed E-state index contributed by atoms with van der Waals surface area (Å²) in [5.74, 6) is 1.95. The van der Waals surface area contributed by atoms with Crippen LogP contribution in [-0.2, 0) is 9.59 Å². The highest BCUT2D eigenvalue weighted by atomic mass is 16.2. The summed E-state index contributed by atoms with van der Waals surface area (Å²) in [5, 5.41) is 10.6. The number of hydrogen-bond acceptors (Lipinski definition) is 3. The molecule has 1 atom stereocenters. The van der Waals surface area contributed by atoms with Gasteiger partial charge in [0, 0.05) is 23.9 Å². The largest absolute Gasteiger partial charge is 0.332 e. The number of urea groups is 1. The second kappa shape index (κ2) is 9.78. The molecule has 2 rings (SSSR count). The molecule has 0 radical (unpaired) electrons. The monoisotopic (exact) mass is 378 g/mol. The smallest absolute Gasteiger partial charge is 0.315 e. The quantitative estimate of drug-likeness (QED) is 0.582. The molecule has 144 valence electrons. The van der Waals surface area contributed by atoms with Gasteiger partial charge < -0.3 is 21.3 Å². The predicted molar refractivity (Wildman–Crippen MR) is 109 cm³/mol. The summed E-state index contributed by atoms with van der Waals surface area (Å²) in [6, 6.07) is 13.2. The number of amides is 4. The van der Waals surface area contributed by atoms with E-state index >= 15 is 0 Å². The van der Waals surface area contributed by atoms with E-state index in [1.54, 1.807) is 49.4 Å². The molecular formula is C21H22N4O3. The van der Waals surface area contributed by atoms with Crippen molar-refractivity contribution in [2.24, 2.45) is 0 Å². The second-order valence-corrected chi connectivity index (χ2v) is 6.13. The number of carbonyl (C=O) groups excluding carboxylic acids is 3. The van der Waals surface area contributed by atoms with Crippen molar-refractivity contribution in [2.45, 2.75) is 19.9 Å². The zero-order valence-corrected chi connectivity index (χ0v) is 15.7. The number of nitrogens with one attached hydrogen (secondary N) is 4. The highest BCUT2D eigenvalue weighted by Crippen LogP contribution is 2.17. The zero-order valence-electron chi connectivity index (χ0n) is 15.7. The van der Waals surface area contributed by atoms with Crippen molar-refractivity contribution in [3.63, 3.8) is 0 Å². The van der Waals surface area contributed by atoms with Crippen LogP contribution in [0, 0.1) is 12.3 Å². The third-order valence-corrected chi connectivity index (χ3v) is 3.78. The summed E-state index contributed by atoms with van der Waals surface area (Å²) in [5.41, 5.74) is 2.68. The molecule has 7 heteroatoms. The Bertz CT molecular complexity index is 918. The van der Waals surface area contributed by atoms with Gasteiger partial charge in [-0.1, -0.05) is 24.1 Å². The summed E-state index contributed by atoms with van der Waals surface area (Å²) < 4.78 is 0. The topological polar surface area (TPSA) is 99.3 Å². The van der Waals surface area contributed by atoms with Crippen LogP contribution in [0.3, 0.4) is 0 Å². The maximum absolute atomic E-state index is 12.0. The minimum atomic E-state index is -0.482. The highest BCUT2D eigenvalue weighted by molar-refractivity contribution is 5.94. The summed E-state index contributed by atoms with van der Waals surface area (Å²) in [6.07, 6.45) is 5.33. The number of rotatable bonds is 6. The lowest BCUT2D eigenvalue weighted by molar-refractivity contribution is -0.115. The number of benzene rings is 2. The zero-order chi connectivity index (χ0) is 20.5. The molecule has 0 bridgehead atoms. The minimum Gasteiger partial charge on any atom is -0.332 e. The highest BCUT2D eigenvalue weighted by Gasteiger charge is 2.11. The summed E-state index contributed by atoms with van der Waals surface area (Å²) in [7, 11) is 0. The Morgan fingerprint density at radius 2 is 1.71 bits per heavy atom. The Morgan fingerprint density at radius 3 is 2.39 bits per heavy atom. The van der Waals surface area contributed by atoms with Gasteiger partial charge in [-0.25, -0.2) is 4.79 Å². The van der Waals surface area contributed by atoms with Gasteiger partial charge >= 0.3 is 6.03 Å². The van der Waals surface area contributed by atoms with Gasteiger partial charge in [-0.3, -0.25) is 9.59 Å². The Balaban J connectivity index is 1.83. The van der Waals surface area contributed by atoms with E-state index in [0.717, 1.165) is 5.56 Å². The maximum atomic E-state index is 12.0. The molecule has 0 spiro atoms. The fourth-order valence-corrected chi connectivity index (χ4v) is 2.47. The predicted octanol–water partition coefficient (Wildman–Crippen LogP) is 2.63. The molecule has 0 fully saturated rings. The third kappa shape index (κ3) is 6.50. The average molecular weight is 378 g/mol. The molecule has 2 aromatic carbocycles. The molecule has 7 nitrogen and oxygen atoms in total. The van der Waals surface area contributed by atoms with Crippen molar-refractivity contribution in [1.82, 2.24) is 10.6 Å². The van der Waals surface area contributed by atoms with E-state index in [-0.39, 0.29) is 24.4 Å². The van der Waals surface area contributed by atoms with Crippen LogP contribution < -0.4 is 21.3 Å². The van der Waals surface area contributed by atoms with Crippen molar-refractivity contribution >= 4 is 29.2 Å². The van der Waals surface area contributed by atoms with Gasteiger partial charge in [-0.05, 0) is 42.8 Å². The average Bonchev–Trinajstić information content (AvgIpc) is 2.66. The third-order valence-electron chi connectivity index (χ3n) is 3.78. The van der Waals surface area contributed by atoms with Gasteiger partial charge in [0.25, 0.3) is 0 Å². The fourth-order valence-electron chi connectivity index (χ4n) is 2.47. The lowest BCUT2D eigenvalue weighted by Gasteiger charge is -2.16. The molecule has 0 aliphatic heterocycles. The van der Waals surface area contributed by atoms with Crippen LogP contribution in [0.1, 0.15) is 31.0 Å². The first kappa shape index (κ1) is 20.5. The van der Waals surface area contributed by atoms with E-state index < -0.39 is 6.03 Å². The molecule has 0 heterocycles. The van der Waals surface area contributed by atoms with Crippen molar-refractivity contribution in [3.05, 3.63) is 59.7 Å². The van der Waals surface area contributed by atoms with Gasteiger partial charge in [0.15, 0.2) is 0 Å². The van der Waals surface area contributed by atoms with Gasteiger partial charge in [-0.2, -0.15) is 0 Å². The molecule has 0 aromatic heterocycles. The van der Waals surface area contributed by atoms with Crippen LogP contribution in [0.4, 0.5) is 16.2 Å². The normalized spacial score (nSPS) is 10.9. The van der Waals surface area contributed by atoms with Crippen LogP contribution in [0.2, 0.25) is 0 Å². The first-order valence-electron chi connectivity index (χ1n) is 8.66. The van der Waals surface area contributed by atoms with E-state index in [4.69, 9.17) is 6.42 Å². The van der Waals surface area contributed by atoms with Gasteiger partial charge in [0.1, 0.15) is 0 Å². The molecule has 2 aromatic rings. The lowest BCUT2D eigenvalue weighted by atomic mass is 10.1. The molecule has 28 heavy (non-hydrogen) atoms. The van der Waals surface area contributed by atoms with Crippen LogP contribution in [0.5, 0.6) is 0 Å².